The minimum absolute atomic E-state index is 0.0173. The van der Waals surface area contributed by atoms with E-state index in [1.54, 1.807) is 0 Å². The summed E-state index contributed by atoms with van der Waals surface area (Å²) < 4.78 is 12.3. The lowest BCUT2D eigenvalue weighted by molar-refractivity contribution is 0.165. The molecule has 2 aromatic rings. The van der Waals surface area contributed by atoms with E-state index in [0.717, 1.165) is 49.6 Å². The quantitative estimate of drug-likeness (QED) is 0.773. The molecule has 0 aromatic heterocycles. The molecule has 2 amide bonds. The van der Waals surface area contributed by atoms with Gasteiger partial charge >= 0.3 is 6.03 Å². The van der Waals surface area contributed by atoms with Crippen molar-refractivity contribution in [2.75, 3.05) is 44.3 Å². The predicted molar refractivity (Wildman–Crippen MR) is 115 cm³/mol. The number of rotatable bonds is 7. The van der Waals surface area contributed by atoms with Gasteiger partial charge in [-0.05, 0) is 50.1 Å². The molecule has 1 aliphatic rings. The minimum Gasteiger partial charge on any atom is -0.325 e. The van der Waals surface area contributed by atoms with Crippen LogP contribution in [0.3, 0.4) is 0 Å². The Balaban J connectivity index is 1.36. The molecule has 0 unspecified atom stereocenters. The van der Waals surface area contributed by atoms with Crippen molar-refractivity contribution in [1.29, 1.82) is 0 Å². The maximum atomic E-state index is 12.4. The van der Waals surface area contributed by atoms with E-state index in [1.807, 2.05) is 65.6 Å². The minimum atomic E-state index is -0.945. The Morgan fingerprint density at radius 2 is 1.68 bits per heavy atom. The lowest BCUT2D eigenvalue weighted by atomic mass is 9.96. The van der Waals surface area contributed by atoms with Crippen LogP contribution in [0.2, 0.25) is 0 Å². The zero-order valence-corrected chi connectivity index (χ0v) is 17.2. The molecule has 0 bridgehead atoms. The zero-order valence-electron chi connectivity index (χ0n) is 16.4. The molecule has 1 aliphatic heterocycles. The van der Waals surface area contributed by atoms with Crippen molar-refractivity contribution in [3.63, 3.8) is 0 Å². The number of hydrogen-bond acceptors (Lipinski definition) is 3. The Kier molecular flexibility index (Phi) is 7.62. The van der Waals surface area contributed by atoms with Crippen molar-refractivity contribution >= 4 is 22.5 Å². The summed E-state index contributed by atoms with van der Waals surface area (Å²) in [6, 6.07) is 19.2. The second-order valence-electron chi connectivity index (χ2n) is 7.35. The number of anilines is 1. The highest BCUT2D eigenvalue weighted by Crippen LogP contribution is 2.19. The molecule has 6 heteroatoms. The van der Waals surface area contributed by atoms with E-state index >= 15 is 0 Å². The summed E-state index contributed by atoms with van der Waals surface area (Å²) in [7, 11) is 1.15. The zero-order chi connectivity index (χ0) is 19.8. The molecule has 5 nitrogen and oxygen atoms in total. The van der Waals surface area contributed by atoms with Gasteiger partial charge in [-0.1, -0.05) is 36.4 Å². The van der Waals surface area contributed by atoms with Crippen LogP contribution in [-0.4, -0.2) is 59.0 Å². The van der Waals surface area contributed by atoms with E-state index < -0.39 is 10.8 Å². The van der Waals surface area contributed by atoms with Gasteiger partial charge in [0.05, 0.1) is 10.8 Å². The fraction of sp³-hybridized carbons (Fsp3) is 0.409. The van der Waals surface area contributed by atoms with Crippen LogP contribution in [0.1, 0.15) is 12.8 Å². The smallest absolute Gasteiger partial charge is 0.321 e. The van der Waals surface area contributed by atoms with Gasteiger partial charge < -0.3 is 15.1 Å². The third-order valence-corrected chi connectivity index (χ3v) is 6.51. The monoisotopic (exact) mass is 399 g/mol. The van der Waals surface area contributed by atoms with Crippen molar-refractivity contribution in [3.05, 3.63) is 60.7 Å². The molecule has 28 heavy (non-hydrogen) atoms. The maximum absolute atomic E-state index is 12.4. The fourth-order valence-electron chi connectivity index (χ4n) is 3.50. The largest absolute Gasteiger partial charge is 0.325 e. The molecule has 0 spiro atoms. The molecule has 2 aromatic carbocycles. The summed E-state index contributed by atoms with van der Waals surface area (Å²) >= 11 is 0. The normalized spacial score (nSPS) is 16.1. The molecular weight excluding hydrogens is 370 g/mol. The Morgan fingerprint density at radius 3 is 2.32 bits per heavy atom. The molecule has 0 radical (unpaired) electrons. The van der Waals surface area contributed by atoms with Gasteiger partial charge in [-0.25, -0.2) is 4.79 Å². The Hall–Kier alpha value is -2.18. The topological polar surface area (TPSA) is 52.7 Å². The molecule has 1 fully saturated rings. The van der Waals surface area contributed by atoms with Gasteiger partial charge in [0, 0.05) is 42.5 Å². The molecule has 1 atom stereocenters. The van der Waals surface area contributed by atoms with Gasteiger partial charge in [0.15, 0.2) is 0 Å². The van der Waals surface area contributed by atoms with Crippen LogP contribution in [0.4, 0.5) is 10.5 Å². The van der Waals surface area contributed by atoms with E-state index in [-0.39, 0.29) is 6.03 Å². The molecule has 1 heterocycles. The third kappa shape index (κ3) is 6.17. The van der Waals surface area contributed by atoms with Crippen LogP contribution in [0.5, 0.6) is 0 Å². The first kappa shape index (κ1) is 20.6. The van der Waals surface area contributed by atoms with Crippen LogP contribution < -0.4 is 5.32 Å². The number of likely N-dealkylation sites (tertiary alicyclic amines) is 1. The number of carbonyl (C=O) groups excluding carboxylic acids is 1. The van der Waals surface area contributed by atoms with Gasteiger partial charge in [0.2, 0.25) is 0 Å². The summed E-state index contributed by atoms with van der Waals surface area (Å²) in [5.74, 6) is 1.23. The van der Waals surface area contributed by atoms with E-state index in [4.69, 9.17) is 0 Å². The van der Waals surface area contributed by atoms with E-state index in [0.29, 0.717) is 11.7 Å². The Labute approximate surface area is 170 Å². The average molecular weight is 400 g/mol. The van der Waals surface area contributed by atoms with Crippen LogP contribution in [0.15, 0.2) is 65.6 Å². The van der Waals surface area contributed by atoms with Crippen LogP contribution in [0, 0.1) is 5.92 Å². The van der Waals surface area contributed by atoms with Crippen molar-refractivity contribution in [2.45, 2.75) is 17.7 Å². The van der Waals surface area contributed by atoms with Crippen molar-refractivity contribution in [2.24, 2.45) is 5.92 Å². The van der Waals surface area contributed by atoms with Gasteiger partial charge in [-0.2, -0.15) is 0 Å². The van der Waals surface area contributed by atoms with Crippen molar-refractivity contribution in [3.8, 4) is 0 Å². The summed E-state index contributed by atoms with van der Waals surface area (Å²) in [4.78, 5) is 17.4. The van der Waals surface area contributed by atoms with Crippen LogP contribution in [-0.2, 0) is 10.8 Å². The van der Waals surface area contributed by atoms with Gasteiger partial charge in [0.1, 0.15) is 0 Å². The SMILES string of the molecule is CN(CC[S@](=O)c1ccccc1)CC1CCN(C(=O)Nc2ccccc2)CC1. The fourth-order valence-corrected chi connectivity index (χ4v) is 4.68. The number of amides is 2. The van der Waals surface area contributed by atoms with Gasteiger partial charge in [-0.15, -0.1) is 0 Å². The highest BCUT2D eigenvalue weighted by molar-refractivity contribution is 7.85. The number of piperidine rings is 1. The predicted octanol–water partition coefficient (Wildman–Crippen LogP) is 3.67. The summed E-state index contributed by atoms with van der Waals surface area (Å²) in [6.07, 6.45) is 2.02. The Bertz CT molecular complexity index is 762. The first-order valence-electron chi connectivity index (χ1n) is 9.85. The molecule has 0 aliphatic carbocycles. The van der Waals surface area contributed by atoms with Gasteiger partial charge in [-0.3, -0.25) is 4.21 Å². The van der Waals surface area contributed by atoms with Crippen molar-refractivity contribution < 1.29 is 9.00 Å². The van der Waals surface area contributed by atoms with E-state index in [9.17, 15) is 9.00 Å². The summed E-state index contributed by atoms with van der Waals surface area (Å²) in [5, 5.41) is 2.96. The highest BCUT2D eigenvalue weighted by Gasteiger charge is 2.23. The number of urea groups is 1. The first-order valence-corrected chi connectivity index (χ1v) is 11.2. The molecular formula is C22H29N3O2S. The van der Waals surface area contributed by atoms with E-state index in [1.165, 1.54) is 0 Å². The second-order valence-corrected chi connectivity index (χ2v) is 8.92. The molecule has 1 saturated heterocycles. The number of para-hydroxylation sites is 1. The standard InChI is InChI=1S/C22H29N3O2S/c1-24(16-17-28(27)21-10-6-3-7-11-21)18-19-12-14-25(15-13-19)22(26)23-20-8-4-2-5-9-20/h2-11,19H,12-18H2,1H3,(H,23,26)/t28-/m0/s1. The molecule has 1 N–H and O–H groups in total. The number of benzene rings is 2. The van der Waals surface area contributed by atoms with Crippen LogP contribution >= 0.6 is 0 Å². The van der Waals surface area contributed by atoms with E-state index in [2.05, 4.69) is 17.3 Å². The highest BCUT2D eigenvalue weighted by atomic mass is 32.2. The molecule has 3 rings (SSSR count). The third-order valence-electron chi connectivity index (χ3n) is 5.16. The average Bonchev–Trinajstić information content (AvgIpc) is 2.74. The Morgan fingerprint density at radius 1 is 1.07 bits per heavy atom. The molecule has 150 valence electrons. The van der Waals surface area contributed by atoms with Crippen molar-refractivity contribution in [1.82, 2.24) is 9.80 Å². The summed E-state index contributed by atoms with van der Waals surface area (Å²) in [5.41, 5.74) is 0.834. The molecule has 0 saturated carbocycles. The second kappa shape index (κ2) is 10.4. The number of carbonyl (C=O) groups is 1. The number of hydrogen-bond donors (Lipinski definition) is 1. The van der Waals surface area contributed by atoms with Crippen LogP contribution in [0.25, 0.3) is 0 Å². The first-order chi connectivity index (χ1) is 13.6. The summed E-state index contributed by atoms with van der Waals surface area (Å²) in [6.45, 7) is 3.37. The van der Waals surface area contributed by atoms with Gasteiger partial charge in [0.25, 0.3) is 0 Å². The lowest BCUT2D eigenvalue weighted by Gasteiger charge is -2.34. The number of nitrogens with zero attached hydrogens (tertiary/aromatic N) is 2. The maximum Gasteiger partial charge on any atom is 0.321 e. The lowest BCUT2D eigenvalue weighted by Crippen LogP contribution is -2.43. The number of nitrogens with one attached hydrogen (secondary N) is 1.